The van der Waals surface area contributed by atoms with Crippen molar-refractivity contribution in [2.45, 2.75) is 59.7 Å². The van der Waals surface area contributed by atoms with Crippen LogP contribution in [0.4, 0.5) is 0 Å². The van der Waals surface area contributed by atoms with Gasteiger partial charge in [0.15, 0.2) is 0 Å². The molecule has 2 aromatic heterocycles. The molecule has 34 heavy (non-hydrogen) atoms. The minimum atomic E-state index is -2.37. The number of para-hydroxylation sites is 1. The summed E-state index contributed by atoms with van der Waals surface area (Å²) in [7, 11) is 0. The first kappa shape index (κ1) is 17.3. The first-order valence-electron chi connectivity index (χ1n) is 14.2. The molecule has 5 aromatic rings. The SMILES string of the molecule is [2H]C([2H])([2H])c1cnc(-c2cccc3c2oc2c4ccccc4ccc32)cc1C1([2H])C(C)(C)CCCC1(C)C. The third-order valence-electron chi connectivity index (χ3n) is 7.80. The molecule has 1 aliphatic rings. The normalized spacial score (nSPS) is 21.2. The zero-order chi connectivity index (χ0) is 27.1. The summed E-state index contributed by atoms with van der Waals surface area (Å²) in [6, 6.07) is 20.3. The molecular weight excluding hydrogens is 414 g/mol. The van der Waals surface area contributed by atoms with Crippen molar-refractivity contribution in [2.24, 2.45) is 10.8 Å². The zero-order valence-electron chi connectivity index (χ0n) is 24.3. The standard InChI is InChI=1S/C32H33NO/c1-20-19-33-27(18-26(20)30-31(2,3)16-9-17-32(30,4)5)25-13-8-12-23-24-15-14-21-10-6-7-11-22(21)28(24)34-29(23)25/h6-8,10-15,18-19,30H,9,16-17H2,1-5H3/i1D3,30D. The number of rotatable bonds is 2. The van der Waals surface area contributed by atoms with Gasteiger partial charge in [0.1, 0.15) is 11.2 Å². The van der Waals surface area contributed by atoms with Crippen molar-refractivity contribution in [3.63, 3.8) is 0 Å². The number of fused-ring (bicyclic) bond motifs is 5. The van der Waals surface area contributed by atoms with E-state index in [1.807, 2.05) is 30.3 Å². The molecule has 0 atom stereocenters. The molecule has 1 fully saturated rings. The lowest BCUT2D eigenvalue weighted by molar-refractivity contribution is 0.0723. The lowest BCUT2D eigenvalue weighted by Gasteiger charge is -2.50. The fraction of sp³-hybridized carbons (Fsp3) is 0.344. The van der Waals surface area contributed by atoms with E-state index in [9.17, 15) is 1.37 Å². The van der Waals surface area contributed by atoms with Crippen LogP contribution in [0.1, 0.15) is 69.5 Å². The van der Waals surface area contributed by atoms with Gasteiger partial charge in [-0.3, -0.25) is 4.98 Å². The molecule has 2 nitrogen and oxygen atoms in total. The maximum Gasteiger partial charge on any atom is 0.144 e. The molecule has 0 amide bonds. The van der Waals surface area contributed by atoms with E-state index < -0.39 is 23.6 Å². The number of nitrogens with zero attached hydrogens (tertiary/aromatic N) is 1. The van der Waals surface area contributed by atoms with Gasteiger partial charge in [-0.2, -0.15) is 0 Å². The zero-order valence-corrected chi connectivity index (χ0v) is 20.3. The molecule has 1 saturated carbocycles. The maximum atomic E-state index is 9.99. The van der Waals surface area contributed by atoms with E-state index in [0.29, 0.717) is 11.3 Å². The van der Waals surface area contributed by atoms with E-state index >= 15 is 0 Å². The molecule has 0 saturated heterocycles. The molecule has 3 aromatic carbocycles. The quantitative estimate of drug-likeness (QED) is 0.267. The highest BCUT2D eigenvalue weighted by atomic mass is 16.3. The van der Waals surface area contributed by atoms with Gasteiger partial charge in [0.25, 0.3) is 0 Å². The predicted octanol–water partition coefficient (Wildman–Crippen LogP) is 9.43. The highest BCUT2D eigenvalue weighted by molar-refractivity contribution is 6.17. The van der Waals surface area contributed by atoms with Crippen LogP contribution in [0.25, 0.3) is 44.0 Å². The average molecular weight is 452 g/mol. The Balaban J connectivity index is 1.64. The van der Waals surface area contributed by atoms with E-state index in [0.717, 1.165) is 57.5 Å². The van der Waals surface area contributed by atoms with Gasteiger partial charge in [-0.1, -0.05) is 76.6 Å². The summed E-state index contributed by atoms with van der Waals surface area (Å²) in [5, 5.41) is 4.19. The Morgan fingerprint density at radius 3 is 2.41 bits per heavy atom. The van der Waals surface area contributed by atoms with Gasteiger partial charge in [0.05, 0.1) is 5.69 Å². The highest BCUT2D eigenvalue weighted by Gasteiger charge is 2.45. The Labute approximate surface area is 207 Å². The number of pyridine rings is 1. The van der Waals surface area contributed by atoms with Crippen LogP contribution in [0.2, 0.25) is 0 Å². The topological polar surface area (TPSA) is 26.0 Å². The molecule has 2 heteroatoms. The predicted molar refractivity (Wildman–Crippen MR) is 143 cm³/mol. The van der Waals surface area contributed by atoms with Crippen LogP contribution in [0.15, 0.2) is 71.3 Å². The number of aromatic nitrogens is 1. The van der Waals surface area contributed by atoms with Crippen LogP contribution in [0.5, 0.6) is 0 Å². The van der Waals surface area contributed by atoms with Crippen LogP contribution >= 0.6 is 0 Å². The van der Waals surface area contributed by atoms with Gasteiger partial charge >= 0.3 is 0 Å². The van der Waals surface area contributed by atoms with Gasteiger partial charge in [0, 0.05) is 33.4 Å². The van der Waals surface area contributed by atoms with Gasteiger partial charge in [-0.25, -0.2) is 0 Å². The van der Waals surface area contributed by atoms with E-state index in [1.165, 1.54) is 6.20 Å². The van der Waals surface area contributed by atoms with Gasteiger partial charge in [-0.15, -0.1) is 0 Å². The smallest absolute Gasteiger partial charge is 0.144 e. The summed E-state index contributed by atoms with van der Waals surface area (Å²) in [6.07, 6.45) is 4.23. The van der Waals surface area contributed by atoms with Crippen molar-refractivity contribution in [1.82, 2.24) is 4.98 Å². The third-order valence-corrected chi connectivity index (χ3v) is 7.80. The second-order valence-electron chi connectivity index (χ2n) is 11.1. The Kier molecular flexibility index (Phi) is 3.79. The van der Waals surface area contributed by atoms with Crippen LogP contribution in [0.3, 0.4) is 0 Å². The number of hydrogen-bond donors (Lipinski definition) is 0. The average Bonchev–Trinajstić information content (AvgIpc) is 3.25. The molecular formula is C32H33NO. The number of benzene rings is 3. The molecule has 0 aliphatic heterocycles. The van der Waals surface area contributed by atoms with Crippen molar-refractivity contribution in [3.05, 3.63) is 78.0 Å². The molecule has 2 heterocycles. The van der Waals surface area contributed by atoms with Crippen LogP contribution in [-0.2, 0) is 0 Å². The Bertz CT molecular complexity index is 1690. The lowest BCUT2D eigenvalue weighted by atomic mass is 9.55. The Morgan fingerprint density at radius 2 is 1.62 bits per heavy atom. The summed E-state index contributed by atoms with van der Waals surface area (Å²) in [6.45, 7) is 6.05. The second kappa shape index (κ2) is 7.43. The molecule has 0 spiro atoms. The summed E-state index contributed by atoms with van der Waals surface area (Å²) in [5.74, 6) is -1.11. The van der Waals surface area contributed by atoms with Crippen molar-refractivity contribution in [1.29, 1.82) is 0 Å². The van der Waals surface area contributed by atoms with E-state index in [4.69, 9.17) is 8.53 Å². The third kappa shape index (κ3) is 3.19. The molecule has 0 radical (unpaired) electrons. The van der Waals surface area contributed by atoms with Crippen LogP contribution in [0, 0.1) is 17.7 Å². The first-order chi connectivity index (χ1) is 17.9. The van der Waals surface area contributed by atoms with Gasteiger partial charge in [-0.05, 0) is 71.1 Å². The van der Waals surface area contributed by atoms with E-state index in [2.05, 4.69) is 63.0 Å². The van der Waals surface area contributed by atoms with Crippen molar-refractivity contribution < 1.29 is 9.90 Å². The van der Waals surface area contributed by atoms with E-state index in [-0.39, 0.29) is 5.56 Å². The van der Waals surface area contributed by atoms with Crippen molar-refractivity contribution >= 4 is 32.7 Å². The minimum Gasteiger partial charge on any atom is -0.455 e. The van der Waals surface area contributed by atoms with Gasteiger partial charge in [0.2, 0.25) is 0 Å². The van der Waals surface area contributed by atoms with Crippen LogP contribution < -0.4 is 0 Å². The molecule has 1 aliphatic carbocycles. The fourth-order valence-electron chi connectivity index (χ4n) is 6.40. The molecule has 6 rings (SSSR count). The molecule has 0 unspecified atom stereocenters. The highest BCUT2D eigenvalue weighted by Crippen LogP contribution is 2.57. The summed E-state index contributed by atoms with van der Waals surface area (Å²) in [5.41, 5.74) is 2.87. The largest absolute Gasteiger partial charge is 0.455 e. The summed E-state index contributed by atoms with van der Waals surface area (Å²) < 4.78 is 41.5. The number of aryl methyl sites for hydroxylation is 1. The van der Waals surface area contributed by atoms with E-state index in [1.54, 1.807) is 0 Å². The minimum absolute atomic E-state index is 0.169. The first-order valence-corrected chi connectivity index (χ1v) is 12.2. The Morgan fingerprint density at radius 1 is 0.882 bits per heavy atom. The van der Waals surface area contributed by atoms with Crippen molar-refractivity contribution in [3.8, 4) is 11.3 Å². The van der Waals surface area contributed by atoms with Gasteiger partial charge < -0.3 is 4.42 Å². The summed E-state index contributed by atoms with van der Waals surface area (Å²) >= 11 is 0. The lowest BCUT2D eigenvalue weighted by Crippen LogP contribution is -2.38. The molecule has 172 valence electrons. The Hall–Kier alpha value is -3.13. The monoisotopic (exact) mass is 451 g/mol. The van der Waals surface area contributed by atoms with Crippen LogP contribution in [-0.4, -0.2) is 4.98 Å². The molecule has 0 bridgehead atoms. The number of furan rings is 1. The number of hydrogen-bond acceptors (Lipinski definition) is 2. The molecule has 0 N–H and O–H groups in total. The summed E-state index contributed by atoms with van der Waals surface area (Å²) in [4.78, 5) is 4.68. The fourth-order valence-corrected chi connectivity index (χ4v) is 6.40. The maximum absolute atomic E-state index is 9.99. The second-order valence-corrected chi connectivity index (χ2v) is 11.1. The van der Waals surface area contributed by atoms with Crippen molar-refractivity contribution in [2.75, 3.05) is 0 Å².